The lowest BCUT2D eigenvalue weighted by molar-refractivity contribution is 0.0997. The molecule has 2 aliphatic rings. The molecule has 0 aromatic heterocycles. The van der Waals surface area contributed by atoms with E-state index in [2.05, 4.69) is 19.2 Å². The Balaban J connectivity index is 1.80. The number of aliphatic hydroxyl groups excluding tert-OH is 1. The Morgan fingerprint density at radius 2 is 1.81 bits per heavy atom. The van der Waals surface area contributed by atoms with E-state index in [4.69, 9.17) is 0 Å². The van der Waals surface area contributed by atoms with Crippen LogP contribution < -0.4 is 5.32 Å². The van der Waals surface area contributed by atoms with Crippen LogP contribution in [0.3, 0.4) is 0 Å². The van der Waals surface area contributed by atoms with Crippen LogP contribution in [0.25, 0.3) is 0 Å². The van der Waals surface area contributed by atoms with E-state index in [0.29, 0.717) is 17.5 Å². The monoisotopic (exact) mass is 225 g/mol. The van der Waals surface area contributed by atoms with Crippen LogP contribution in [0.15, 0.2) is 0 Å². The number of hydrogen-bond acceptors (Lipinski definition) is 2. The van der Waals surface area contributed by atoms with Crippen LogP contribution in [0.4, 0.5) is 0 Å². The van der Waals surface area contributed by atoms with Crippen molar-refractivity contribution < 1.29 is 5.11 Å². The first-order valence-electron chi connectivity index (χ1n) is 6.99. The second kappa shape index (κ2) is 5.05. The van der Waals surface area contributed by atoms with Gasteiger partial charge < -0.3 is 10.4 Å². The Hall–Kier alpha value is -0.0800. The van der Waals surface area contributed by atoms with E-state index in [1.807, 2.05) is 0 Å². The largest absolute Gasteiger partial charge is 0.393 e. The molecule has 2 nitrogen and oxygen atoms in total. The first kappa shape index (κ1) is 12.4. The minimum atomic E-state index is -0.0529. The van der Waals surface area contributed by atoms with E-state index >= 15 is 0 Å². The fourth-order valence-electron chi connectivity index (χ4n) is 3.49. The van der Waals surface area contributed by atoms with Gasteiger partial charge >= 0.3 is 0 Å². The highest BCUT2D eigenvalue weighted by Crippen LogP contribution is 2.35. The standard InChI is InChI=1S/C14H27NO/c1-14(2)8-4-6-12(10-14)15-11-5-3-7-13(16)9-11/h11-13,15-16H,3-10H2,1-2H3. The second-order valence-corrected chi connectivity index (χ2v) is 6.64. The van der Waals surface area contributed by atoms with Crippen molar-refractivity contribution >= 4 is 0 Å². The molecule has 0 aromatic carbocycles. The van der Waals surface area contributed by atoms with E-state index in [-0.39, 0.29) is 6.10 Å². The molecule has 0 heterocycles. The van der Waals surface area contributed by atoms with E-state index < -0.39 is 0 Å². The van der Waals surface area contributed by atoms with E-state index in [1.165, 1.54) is 38.5 Å². The van der Waals surface area contributed by atoms with Crippen LogP contribution in [-0.4, -0.2) is 23.3 Å². The minimum absolute atomic E-state index is 0.0529. The molecule has 3 atom stereocenters. The molecule has 0 aliphatic heterocycles. The maximum absolute atomic E-state index is 9.67. The Kier molecular flexibility index (Phi) is 3.91. The number of rotatable bonds is 2. The lowest BCUT2D eigenvalue weighted by atomic mass is 9.75. The lowest BCUT2D eigenvalue weighted by Crippen LogP contribution is -2.45. The first-order valence-corrected chi connectivity index (χ1v) is 6.99. The van der Waals surface area contributed by atoms with Gasteiger partial charge in [0, 0.05) is 12.1 Å². The Bertz CT molecular complexity index is 227. The molecule has 0 spiro atoms. The van der Waals surface area contributed by atoms with E-state index in [9.17, 15) is 5.11 Å². The summed E-state index contributed by atoms with van der Waals surface area (Å²) in [5.74, 6) is 0. The van der Waals surface area contributed by atoms with Gasteiger partial charge in [-0.15, -0.1) is 0 Å². The Labute approximate surface area is 99.8 Å². The van der Waals surface area contributed by atoms with Crippen molar-refractivity contribution in [2.75, 3.05) is 0 Å². The first-order chi connectivity index (χ1) is 7.55. The second-order valence-electron chi connectivity index (χ2n) is 6.64. The third-order valence-electron chi connectivity index (χ3n) is 4.32. The molecule has 16 heavy (non-hydrogen) atoms. The molecule has 0 bridgehead atoms. The smallest absolute Gasteiger partial charge is 0.0555 e. The molecule has 2 heteroatoms. The molecule has 2 saturated carbocycles. The molecular formula is C14H27NO. The van der Waals surface area contributed by atoms with Gasteiger partial charge in [0.05, 0.1) is 6.10 Å². The van der Waals surface area contributed by atoms with Gasteiger partial charge in [0.15, 0.2) is 0 Å². The molecule has 2 aliphatic carbocycles. The van der Waals surface area contributed by atoms with Gasteiger partial charge in [0.2, 0.25) is 0 Å². The van der Waals surface area contributed by atoms with E-state index in [0.717, 1.165) is 12.8 Å². The van der Waals surface area contributed by atoms with Gasteiger partial charge in [-0.25, -0.2) is 0 Å². The lowest BCUT2D eigenvalue weighted by Gasteiger charge is -2.39. The molecule has 2 N–H and O–H groups in total. The summed E-state index contributed by atoms with van der Waals surface area (Å²) >= 11 is 0. The van der Waals surface area contributed by atoms with Gasteiger partial charge in [0.1, 0.15) is 0 Å². The zero-order valence-electron chi connectivity index (χ0n) is 10.8. The Morgan fingerprint density at radius 3 is 2.50 bits per heavy atom. The summed E-state index contributed by atoms with van der Waals surface area (Å²) in [7, 11) is 0. The summed E-state index contributed by atoms with van der Waals surface area (Å²) in [5.41, 5.74) is 0.517. The molecule has 0 amide bonds. The Morgan fingerprint density at radius 1 is 1.06 bits per heavy atom. The third kappa shape index (κ3) is 3.46. The van der Waals surface area contributed by atoms with Crippen LogP contribution in [0.1, 0.15) is 65.2 Å². The summed E-state index contributed by atoms with van der Waals surface area (Å²) in [6.45, 7) is 4.77. The van der Waals surface area contributed by atoms with Crippen LogP contribution in [-0.2, 0) is 0 Å². The maximum atomic E-state index is 9.67. The van der Waals surface area contributed by atoms with Crippen LogP contribution in [0.2, 0.25) is 0 Å². The predicted octanol–water partition coefficient (Wildman–Crippen LogP) is 2.85. The highest BCUT2D eigenvalue weighted by molar-refractivity contribution is 4.87. The van der Waals surface area contributed by atoms with Crippen LogP contribution >= 0.6 is 0 Å². The number of aliphatic hydroxyl groups is 1. The van der Waals surface area contributed by atoms with Crippen molar-refractivity contribution in [3.05, 3.63) is 0 Å². The van der Waals surface area contributed by atoms with Crippen LogP contribution in [0, 0.1) is 5.41 Å². The zero-order valence-corrected chi connectivity index (χ0v) is 10.8. The van der Waals surface area contributed by atoms with Crippen LogP contribution in [0.5, 0.6) is 0 Å². The van der Waals surface area contributed by atoms with Gasteiger partial charge in [-0.2, -0.15) is 0 Å². The molecule has 94 valence electrons. The highest BCUT2D eigenvalue weighted by atomic mass is 16.3. The summed E-state index contributed by atoms with van der Waals surface area (Å²) in [6.07, 6.45) is 9.74. The van der Waals surface area contributed by atoms with E-state index in [1.54, 1.807) is 0 Å². The van der Waals surface area contributed by atoms with Crippen molar-refractivity contribution in [2.24, 2.45) is 5.41 Å². The van der Waals surface area contributed by atoms with Crippen molar-refractivity contribution in [1.29, 1.82) is 0 Å². The topological polar surface area (TPSA) is 32.3 Å². The van der Waals surface area contributed by atoms with Crippen molar-refractivity contribution in [2.45, 2.75) is 83.4 Å². The van der Waals surface area contributed by atoms with Crippen molar-refractivity contribution in [1.82, 2.24) is 5.32 Å². The summed E-state index contributed by atoms with van der Waals surface area (Å²) in [6, 6.07) is 1.27. The average Bonchev–Trinajstić information content (AvgIpc) is 2.15. The summed E-state index contributed by atoms with van der Waals surface area (Å²) in [4.78, 5) is 0. The molecule has 0 radical (unpaired) electrons. The predicted molar refractivity (Wildman–Crippen MR) is 67.4 cm³/mol. The number of nitrogens with one attached hydrogen (secondary N) is 1. The van der Waals surface area contributed by atoms with Gasteiger partial charge in [0.25, 0.3) is 0 Å². The quantitative estimate of drug-likeness (QED) is 0.757. The van der Waals surface area contributed by atoms with Gasteiger partial charge in [-0.1, -0.05) is 20.3 Å². The average molecular weight is 225 g/mol. The molecule has 0 aromatic rings. The SMILES string of the molecule is CC1(C)CCCC(NC2CCCC(O)C2)C1. The van der Waals surface area contributed by atoms with Gasteiger partial charge in [-0.3, -0.25) is 0 Å². The molecular weight excluding hydrogens is 198 g/mol. The highest BCUT2D eigenvalue weighted by Gasteiger charge is 2.30. The van der Waals surface area contributed by atoms with Crippen molar-refractivity contribution in [3.63, 3.8) is 0 Å². The fourth-order valence-corrected chi connectivity index (χ4v) is 3.49. The normalized spacial score (nSPS) is 39.6. The number of hydrogen-bond donors (Lipinski definition) is 2. The van der Waals surface area contributed by atoms with Gasteiger partial charge in [-0.05, 0) is 50.4 Å². The molecule has 2 fully saturated rings. The third-order valence-corrected chi connectivity index (χ3v) is 4.32. The molecule has 2 rings (SSSR count). The maximum Gasteiger partial charge on any atom is 0.0555 e. The molecule has 3 unspecified atom stereocenters. The molecule has 0 saturated heterocycles. The minimum Gasteiger partial charge on any atom is -0.393 e. The van der Waals surface area contributed by atoms with Crippen molar-refractivity contribution in [3.8, 4) is 0 Å². The fraction of sp³-hybridized carbons (Fsp3) is 1.00. The summed E-state index contributed by atoms with van der Waals surface area (Å²) in [5, 5.41) is 13.5. The zero-order chi connectivity index (χ0) is 11.6. The summed E-state index contributed by atoms with van der Waals surface area (Å²) < 4.78 is 0.